The molecule has 0 heterocycles. The molecule has 0 bridgehead atoms. The third-order valence-corrected chi connectivity index (χ3v) is 3.93. The van der Waals surface area contributed by atoms with Crippen molar-refractivity contribution in [3.63, 3.8) is 0 Å². The first-order valence-corrected chi connectivity index (χ1v) is 9.09. The molecule has 0 aliphatic heterocycles. The molecule has 2 amide bonds. The molecular formula is C20H20ClN3O2S. The zero-order valence-corrected chi connectivity index (χ0v) is 16.5. The van der Waals surface area contributed by atoms with Crippen molar-refractivity contribution < 1.29 is 9.59 Å². The van der Waals surface area contributed by atoms with Gasteiger partial charge in [0.15, 0.2) is 5.11 Å². The summed E-state index contributed by atoms with van der Waals surface area (Å²) in [7, 11) is 0. The van der Waals surface area contributed by atoms with E-state index >= 15 is 0 Å². The Morgan fingerprint density at radius 3 is 2.37 bits per heavy atom. The minimum absolute atomic E-state index is 0.0666. The number of halogens is 1. The highest BCUT2D eigenvalue weighted by molar-refractivity contribution is 7.80. The van der Waals surface area contributed by atoms with Gasteiger partial charge in [-0.1, -0.05) is 29.8 Å². The van der Waals surface area contributed by atoms with Crippen LogP contribution in [0.5, 0.6) is 0 Å². The molecule has 0 saturated carbocycles. The molecule has 140 valence electrons. The molecule has 0 aromatic heterocycles. The highest BCUT2D eigenvalue weighted by Crippen LogP contribution is 2.16. The normalized spacial score (nSPS) is 10.7. The van der Waals surface area contributed by atoms with E-state index in [0.717, 1.165) is 5.56 Å². The van der Waals surface area contributed by atoms with E-state index in [2.05, 4.69) is 16.0 Å². The second-order valence-electron chi connectivity index (χ2n) is 6.00. The Kier molecular flexibility index (Phi) is 7.52. The summed E-state index contributed by atoms with van der Waals surface area (Å²) in [6.45, 7) is 3.80. The molecule has 0 fully saturated rings. The van der Waals surface area contributed by atoms with E-state index in [9.17, 15) is 9.59 Å². The van der Waals surface area contributed by atoms with Gasteiger partial charge in [-0.05, 0) is 68.0 Å². The van der Waals surface area contributed by atoms with Gasteiger partial charge in [0.05, 0.1) is 0 Å². The summed E-state index contributed by atoms with van der Waals surface area (Å²) in [6.07, 6.45) is 2.97. The summed E-state index contributed by atoms with van der Waals surface area (Å²) < 4.78 is 0. The summed E-state index contributed by atoms with van der Waals surface area (Å²) >= 11 is 11.2. The molecule has 3 N–H and O–H groups in total. The number of hydrogen-bond acceptors (Lipinski definition) is 3. The second kappa shape index (κ2) is 9.85. The molecule has 2 rings (SSSR count). The molecule has 7 heteroatoms. The zero-order valence-electron chi connectivity index (χ0n) is 15.0. The van der Waals surface area contributed by atoms with Gasteiger partial charge in [0, 0.05) is 28.4 Å². The van der Waals surface area contributed by atoms with Crippen LogP contribution in [0.1, 0.15) is 29.8 Å². The lowest BCUT2D eigenvalue weighted by atomic mass is 10.2. The number of nitrogens with one attached hydrogen (secondary N) is 3. The third-order valence-electron chi connectivity index (χ3n) is 3.38. The van der Waals surface area contributed by atoms with Crippen LogP contribution in [0.2, 0.25) is 5.02 Å². The number of amides is 2. The van der Waals surface area contributed by atoms with Crippen LogP contribution in [-0.2, 0) is 4.79 Å². The molecule has 0 atom stereocenters. The molecule has 2 aromatic carbocycles. The number of hydrogen-bond donors (Lipinski definition) is 3. The average molecular weight is 402 g/mol. The Balaban J connectivity index is 1.89. The van der Waals surface area contributed by atoms with E-state index in [4.69, 9.17) is 23.8 Å². The molecule has 0 aliphatic carbocycles. The van der Waals surface area contributed by atoms with Crippen molar-refractivity contribution in [2.45, 2.75) is 19.9 Å². The van der Waals surface area contributed by atoms with Crippen LogP contribution >= 0.6 is 23.8 Å². The lowest BCUT2D eigenvalue weighted by Gasteiger charge is -2.10. The van der Waals surface area contributed by atoms with Gasteiger partial charge in [-0.3, -0.25) is 14.9 Å². The van der Waals surface area contributed by atoms with Crippen LogP contribution in [0.3, 0.4) is 0 Å². The van der Waals surface area contributed by atoms with Gasteiger partial charge >= 0.3 is 0 Å². The van der Waals surface area contributed by atoms with Crippen LogP contribution in [0.4, 0.5) is 5.69 Å². The second-order valence-corrected chi connectivity index (χ2v) is 6.82. The maximum atomic E-state index is 12.0. The van der Waals surface area contributed by atoms with E-state index in [1.54, 1.807) is 42.5 Å². The van der Waals surface area contributed by atoms with Crippen molar-refractivity contribution in [2.75, 3.05) is 5.32 Å². The van der Waals surface area contributed by atoms with Crippen LogP contribution in [0, 0.1) is 0 Å². The van der Waals surface area contributed by atoms with Gasteiger partial charge < -0.3 is 10.6 Å². The Bertz CT molecular complexity index is 864. The first-order valence-electron chi connectivity index (χ1n) is 8.30. The zero-order chi connectivity index (χ0) is 19.8. The number of benzene rings is 2. The standard InChI is InChI=1S/C20H20ClN3O2S/c1-13(2)22-19(26)15-7-10-16(11-8-15)23-20(27)24-18(25)12-9-14-5-3-4-6-17(14)21/h3-13H,1-2H3,(H,22,26)(H2,23,24,25,27)/b12-9+. The van der Waals surface area contributed by atoms with Crippen LogP contribution in [-0.4, -0.2) is 23.0 Å². The van der Waals surface area contributed by atoms with Gasteiger partial charge in [0.2, 0.25) is 5.91 Å². The largest absolute Gasteiger partial charge is 0.350 e. The fourth-order valence-electron chi connectivity index (χ4n) is 2.14. The molecule has 0 unspecified atom stereocenters. The first kappa shape index (κ1) is 20.6. The number of carbonyl (C=O) groups is 2. The van der Waals surface area contributed by atoms with E-state index in [0.29, 0.717) is 16.3 Å². The topological polar surface area (TPSA) is 70.2 Å². The molecule has 0 radical (unpaired) electrons. The van der Waals surface area contributed by atoms with Crippen LogP contribution in [0.15, 0.2) is 54.6 Å². The number of carbonyl (C=O) groups excluding carboxylic acids is 2. The maximum Gasteiger partial charge on any atom is 0.251 e. The van der Waals surface area contributed by atoms with Crippen molar-refractivity contribution in [3.8, 4) is 0 Å². The van der Waals surface area contributed by atoms with Gasteiger partial charge in [0.25, 0.3) is 5.91 Å². The third kappa shape index (κ3) is 6.84. The number of rotatable bonds is 5. The van der Waals surface area contributed by atoms with E-state index in [1.165, 1.54) is 6.08 Å². The summed E-state index contributed by atoms with van der Waals surface area (Å²) in [5.41, 5.74) is 1.95. The average Bonchev–Trinajstić information content (AvgIpc) is 2.61. The van der Waals surface area contributed by atoms with Crippen molar-refractivity contribution in [1.29, 1.82) is 0 Å². The number of thiocarbonyl (C=S) groups is 1. The monoisotopic (exact) mass is 401 g/mol. The predicted molar refractivity (Wildman–Crippen MR) is 114 cm³/mol. The predicted octanol–water partition coefficient (Wildman–Crippen LogP) is 4.00. The van der Waals surface area contributed by atoms with Crippen molar-refractivity contribution in [2.24, 2.45) is 0 Å². The van der Waals surface area contributed by atoms with E-state index in [-0.39, 0.29) is 23.0 Å². The molecule has 5 nitrogen and oxygen atoms in total. The summed E-state index contributed by atoms with van der Waals surface area (Å²) in [4.78, 5) is 23.9. The van der Waals surface area contributed by atoms with Gasteiger partial charge in [-0.2, -0.15) is 0 Å². The van der Waals surface area contributed by atoms with E-state index in [1.807, 2.05) is 26.0 Å². The summed E-state index contributed by atoms with van der Waals surface area (Å²) in [5, 5.41) is 8.98. The highest BCUT2D eigenvalue weighted by atomic mass is 35.5. The minimum atomic E-state index is -0.375. The summed E-state index contributed by atoms with van der Waals surface area (Å²) in [5.74, 6) is -0.516. The van der Waals surface area contributed by atoms with Crippen LogP contribution in [0.25, 0.3) is 6.08 Å². The first-order chi connectivity index (χ1) is 12.8. The highest BCUT2D eigenvalue weighted by Gasteiger charge is 2.07. The molecule has 27 heavy (non-hydrogen) atoms. The smallest absolute Gasteiger partial charge is 0.251 e. The Morgan fingerprint density at radius 2 is 1.74 bits per heavy atom. The van der Waals surface area contributed by atoms with E-state index < -0.39 is 0 Å². The fraction of sp³-hybridized carbons (Fsp3) is 0.150. The minimum Gasteiger partial charge on any atom is -0.350 e. The molecule has 0 saturated heterocycles. The molecule has 2 aromatic rings. The SMILES string of the molecule is CC(C)NC(=O)c1ccc(NC(=S)NC(=O)/C=C/c2ccccc2Cl)cc1. The van der Waals surface area contributed by atoms with Crippen molar-refractivity contribution >= 4 is 52.5 Å². The van der Waals surface area contributed by atoms with Gasteiger partial charge in [-0.15, -0.1) is 0 Å². The lowest BCUT2D eigenvalue weighted by molar-refractivity contribution is -0.115. The number of anilines is 1. The molecule has 0 spiro atoms. The Labute approximate surface area is 168 Å². The van der Waals surface area contributed by atoms with Gasteiger partial charge in [-0.25, -0.2) is 0 Å². The quantitative estimate of drug-likeness (QED) is 0.523. The van der Waals surface area contributed by atoms with Crippen molar-refractivity contribution in [3.05, 3.63) is 70.8 Å². The Morgan fingerprint density at radius 1 is 1.07 bits per heavy atom. The lowest BCUT2D eigenvalue weighted by Crippen LogP contribution is -2.33. The van der Waals surface area contributed by atoms with Crippen LogP contribution < -0.4 is 16.0 Å². The molecule has 0 aliphatic rings. The summed E-state index contributed by atoms with van der Waals surface area (Å²) in [6, 6.07) is 14.1. The van der Waals surface area contributed by atoms with Crippen molar-refractivity contribution in [1.82, 2.24) is 10.6 Å². The maximum absolute atomic E-state index is 12.0. The molecular weight excluding hydrogens is 382 g/mol. The Hall–Kier alpha value is -2.70. The fourth-order valence-corrected chi connectivity index (χ4v) is 2.56. The van der Waals surface area contributed by atoms with Gasteiger partial charge in [0.1, 0.15) is 0 Å².